The molecule has 1 saturated heterocycles. The summed E-state index contributed by atoms with van der Waals surface area (Å²) in [5.41, 5.74) is 5.73. The number of hydrogen-bond acceptors (Lipinski definition) is 7. The van der Waals surface area contributed by atoms with Gasteiger partial charge in [0.25, 0.3) is 5.91 Å². The molecule has 1 fully saturated rings. The molecule has 1 amide bonds. The Bertz CT molecular complexity index is 2000. The van der Waals surface area contributed by atoms with Crippen molar-refractivity contribution in [3.05, 3.63) is 58.7 Å². The molecule has 8 rings (SSSR count). The molecule has 10 heteroatoms. The molecule has 2 N–H and O–H groups in total. The lowest BCUT2D eigenvalue weighted by Gasteiger charge is -2.28. The van der Waals surface area contributed by atoms with Crippen LogP contribution in [0.15, 0.2) is 36.4 Å². The standard InChI is InChI=1S/C32H31N3O5S2/c1-4-41-14-16-7-9-22-18(10-16)24-20-13-33-29(36)26(20)25-19-11-17(15-42-5-2)6-8-21(19)34-23-12-32(38,31(37)39-3)30(40-23)35(22)27(24)28(25)34/h6-11,23,30,38H,4-5,12-15H2,1-3H3,(H,33,36)/t23-,30-,32-/m1/s1. The van der Waals surface area contributed by atoms with Crippen LogP contribution in [0.1, 0.15) is 59.8 Å². The third-order valence-corrected chi connectivity index (χ3v) is 10.9. The summed E-state index contributed by atoms with van der Waals surface area (Å²) in [5.74, 6) is 2.98. The van der Waals surface area contributed by atoms with Crippen LogP contribution in [0.25, 0.3) is 43.6 Å². The Kier molecular flexibility index (Phi) is 5.92. The highest BCUT2D eigenvalue weighted by molar-refractivity contribution is 7.98. The Labute approximate surface area is 250 Å². The van der Waals surface area contributed by atoms with Gasteiger partial charge in [-0.15, -0.1) is 0 Å². The summed E-state index contributed by atoms with van der Waals surface area (Å²) in [4.78, 5) is 26.8. The van der Waals surface area contributed by atoms with Crippen LogP contribution in [0.3, 0.4) is 0 Å². The van der Waals surface area contributed by atoms with Crippen LogP contribution >= 0.6 is 23.5 Å². The fraction of sp³-hybridized carbons (Fsp3) is 0.375. The van der Waals surface area contributed by atoms with Crippen molar-refractivity contribution >= 4 is 79.0 Å². The Morgan fingerprint density at radius 3 is 2.29 bits per heavy atom. The number of thioether (sulfide) groups is 2. The molecule has 8 nitrogen and oxygen atoms in total. The van der Waals surface area contributed by atoms with E-state index in [0.29, 0.717) is 6.54 Å². The molecule has 2 aromatic heterocycles. The van der Waals surface area contributed by atoms with E-state index in [2.05, 4.69) is 60.1 Å². The van der Waals surface area contributed by atoms with Crippen LogP contribution in [-0.2, 0) is 32.3 Å². The van der Waals surface area contributed by atoms with Crippen molar-refractivity contribution in [3.63, 3.8) is 0 Å². The van der Waals surface area contributed by atoms with Gasteiger partial charge in [-0.2, -0.15) is 23.5 Å². The number of ether oxygens (including phenoxy) is 2. The van der Waals surface area contributed by atoms with Gasteiger partial charge >= 0.3 is 5.97 Å². The zero-order valence-corrected chi connectivity index (χ0v) is 25.3. The van der Waals surface area contributed by atoms with Gasteiger partial charge in [-0.3, -0.25) is 4.79 Å². The third-order valence-electron chi connectivity index (χ3n) is 9.05. The van der Waals surface area contributed by atoms with Crippen molar-refractivity contribution in [2.75, 3.05) is 18.6 Å². The predicted molar refractivity (Wildman–Crippen MR) is 168 cm³/mol. The van der Waals surface area contributed by atoms with Gasteiger partial charge in [0.15, 0.2) is 6.23 Å². The molecule has 42 heavy (non-hydrogen) atoms. The molecule has 5 heterocycles. The average molecular weight is 602 g/mol. The summed E-state index contributed by atoms with van der Waals surface area (Å²) in [7, 11) is 1.30. The summed E-state index contributed by atoms with van der Waals surface area (Å²) < 4.78 is 15.9. The highest BCUT2D eigenvalue weighted by Gasteiger charge is 2.58. The van der Waals surface area contributed by atoms with E-state index < -0.39 is 24.0 Å². The molecule has 5 aromatic rings. The van der Waals surface area contributed by atoms with E-state index in [1.54, 1.807) is 0 Å². The summed E-state index contributed by atoms with van der Waals surface area (Å²) >= 11 is 3.71. The molecule has 0 aliphatic carbocycles. The maximum Gasteiger partial charge on any atom is 0.342 e. The summed E-state index contributed by atoms with van der Waals surface area (Å²) in [6.07, 6.45) is -1.59. The third kappa shape index (κ3) is 3.35. The maximum atomic E-state index is 13.6. The summed E-state index contributed by atoms with van der Waals surface area (Å²) in [5, 5.41) is 19.0. The number of amides is 1. The first-order chi connectivity index (χ1) is 20.4. The predicted octanol–water partition coefficient (Wildman–Crippen LogP) is 5.99. The van der Waals surface area contributed by atoms with E-state index in [0.717, 1.165) is 77.8 Å². The van der Waals surface area contributed by atoms with E-state index in [1.165, 1.54) is 18.2 Å². The summed E-state index contributed by atoms with van der Waals surface area (Å²) in [6, 6.07) is 12.8. The van der Waals surface area contributed by atoms with Crippen molar-refractivity contribution in [1.29, 1.82) is 0 Å². The second-order valence-electron chi connectivity index (χ2n) is 11.3. The van der Waals surface area contributed by atoms with E-state index in [1.807, 2.05) is 28.1 Å². The number of methoxy groups -OCH3 is 1. The Hall–Kier alpha value is -3.18. The summed E-state index contributed by atoms with van der Waals surface area (Å²) in [6.45, 7) is 4.72. The molecular weight excluding hydrogens is 571 g/mol. The molecule has 0 saturated carbocycles. The Morgan fingerprint density at radius 2 is 1.64 bits per heavy atom. The number of esters is 1. The molecule has 3 aliphatic heterocycles. The minimum Gasteiger partial charge on any atom is -0.467 e. The number of rotatable bonds is 7. The van der Waals surface area contributed by atoms with E-state index in [4.69, 9.17) is 9.47 Å². The Balaban J connectivity index is 1.58. The number of fused-ring (bicyclic) bond motifs is 13. The minimum absolute atomic E-state index is 0.0335. The monoisotopic (exact) mass is 601 g/mol. The van der Waals surface area contributed by atoms with Gasteiger partial charge in [0.05, 0.1) is 34.7 Å². The van der Waals surface area contributed by atoms with Gasteiger partial charge in [-0.05, 0) is 52.5 Å². The number of nitrogens with zero attached hydrogens (tertiary/aromatic N) is 2. The molecule has 0 radical (unpaired) electrons. The molecule has 0 unspecified atom stereocenters. The van der Waals surface area contributed by atoms with Gasteiger partial charge in [-0.1, -0.05) is 26.0 Å². The molecular formula is C32H31N3O5S2. The molecule has 3 aromatic carbocycles. The van der Waals surface area contributed by atoms with Gasteiger partial charge in [-0.25, -0.2) is 4.79 Å². The number of benzene rings is 3. The highest BCUT2D eigenvalue weighted by atomic mass is 32.2. The second-order valence-corrected chi connectivity index (χ2v) is 13.8. The second kappa shape index (κ2) is 9.41. The average Bonchev–Trinajstić information content (AvgIpc) is 3.70. The lowest BCUT2D eigenvalue weighted by molar-refractivity contribution is -0.174. The number of carbonyl (C=O) groups excluding carboxylic acids is 2. The van der Waals surface area contributed by atoms with Gasteiger partial charge < -0.3 is 29.0 Å². The number of hydrogen-bond donors (Lipinski definition) is 2. The van der Waals surface area contributed by atoms with Crippen LogP contribution in [0, 0.1) is 0 Å². The van der Waals surface area contributed by atoms with Crippen molar-refractivity contribution in [1.82, 2.24) is 14.5 Å². The number of carbonyl (C=O) groups is 2. The van der Waals surface area contributed by atoms with Gasteiger partial charge in [0, 0.05) is 46.0 Å². The topological polar surface area (TPSA) is 94.7 Å². The highest BCUT2D eigenvalue weighted by Crippen LogP contribution is 2.55. The molecule has 2 bridgehead atoms. The number of aliphatic hydroxyl groups is 1. The van der Waals surface area contributed by atoms with Crippen LogP contribution in [0.4, 0.5) is 0 Å². The van der Waals surface area contributed by atoms with Crippen LogP contribution in [0.2, 0.25) is 0 Å². The maximum absolute atomic E-state index is 13.6. The molecule has 3 aliphatic rings. The van der Waals surface area contributed by atoms with Gasteiger partial charge in [0.1, 0.15) is 6.23 Å². The zero-order chi connectivity index (χ0) is 28.9. The minimum atomic E-state index is -1.89. The number of aromatic nitrogens is 2. The first kappa shape index (κ1) is 26.4. The van der Waals surface area contributed by atoms with E-state index in [9.17, 15) is 14.7 Å². The van der Waals surface area contributed by atoms with E-state index in [-0.39, 0.29) is 12.3 Å². The van der Waals surface area contributed by atoms with Crippen LogP contribution < -0.4 is 5.32 Å². The SMILES string of the molecule is CCSCc1ccc2c(c1)c1c3c(c4c5cc(CSCC)ccc5n5c4c1n2[C@H]1C[C@](O)(C(=O)OC)[C@H]5O1)CNC3=O. The van der Waals surface area contributed by atoms with Crippen molar-refractivity contribution in [2.24, 2.45) is 0 Å². The Morgan fingerprint density at radius 1 is 1.02 bits per heavy atom. The van der Waals surface area contributed by atoms with Crippen LogP contribution in [-0.4, -0.2) is 50.3 Å². The first-order valence-electron chi connectivity index (χ1n) is 14.4. The lowest BCUT2D eigenvalue weighted by atomic mass is 9.95. The fourth-order valence-electron chi connectivity index (χ4n) is 7.33. The van der Waals surface area contributed by atoms with Crippen LogP contribution in [0.5, 0.6) is 0 Å². The fourth-order valence-corrected chi connectivity index (χ4v) is 8.57. The largest absolute Gasteiger partial charge is 0.467 e. The lowest BCUT2D eigenvalue weighted by Crippen LogP contribution is -2.44. The zero-order valence-electron chi connectivity index (χ0n) is 23.7. The molecule has 0 spiro atoms. The normalized spacial score (nSPS) is 22.5. The van der Waals surface area contributed by atoms with Gasteiger partial charge in [0.2, 0.25) is 5.60 Å². The van der Waals surface area contributed by atoms with Crippen molar-refractivity contribution in [3.8, 4) is 0 Å². The smallest absolute Gasteiger partial charge is 0.342 e. The van der Waals surface area contributed by atoms with E-state index >= 15 is 0 Å². The van der Waals surface area contributed by atoms with Crippen molar-refractivity contribution in [2.45, 2.75) is 56.4 Å². The molecule has 3 atom stereocenters. The first-order valence-corrected chi connectivity index (χ1v) is 16.7. The quantitative estimate of drug-likeness (QED) is 0.222. The number of nitrogens with one attached hydrogen (secondary N) is 1. The van der Waals surface area contributed by atoms with Crippen molar-refractivity contribution < 1.29 is 24.2 Å². The molecule has 216 valence electrons.